The van der Waals surface area contributed by atoms with Gasteiger partial charge in [0.15, 0.2) is 11.6 Å². The fourth-order valence-electron chi connectivity index (χ4n) is 2.04. The highest BCUT2D eigenvalue weighted by atomic mass is 16.1. The highest BCUT2D eigenvalue weighted by Crippen LogP contribution is 2.20. The van der Waals surface area contributed by atoms with E-state index in [1.165, 1.54) is 5.56 Å². The van der Waals surface area contributed by atoms with Crippen molar-refractivity contribution in [3.63, 3.8) is 0 Å². The number of carbonyl (C=O) groups excluding carboxylic acids is 1. The number of nitrogens with zero attached hydrogens (tertiary/aromatic N) is 2. The summed E-state index contributed by atoms with van der Waals surface area (Å²) in [6.45, 7) is 14.6. The van der Waals surface area contributed by atoms with E-state index in [0.29, 0.717) is 12.4 Å². The molecular weight excluding hydrogens is 260 g/mol. The van der Waals surface area contributed by atoms with Gasteiger partial charge in [0.25, 0.3) is 0 Å². The Labute approximate surface area is 129 Å². The molecular formula is C18H28N2O. The van der Waals surface area contributed by atoms with E-state index in [0.717, 1.165) is 0 Å². The molecule has 0 amide bonds. The molecule has 0 aliphatic heterocycles. The number of ketones is 1. The van der Waals surface area contributed by atoms with Gasteiger partial charge in [-0.1, -0.05) is 30.3 Å². The van der Waals surface area contributed by atoms with Crippen molar-refractivity contribution in [2.45, 2.75) is 66.1 Å². The maximum atomic E-state index is 12.1. The minimum Gasteiger partial charge on any atom is -0.345 e. The molecule has 0 radical (unpaired) electrons. The number of carbonyl (C=O) groups is 1. The SMILES string of the molecule is CC(=O)C(=NC(C)(C)C)N(Cc1ccccc1)C(C)(C)C. The monoisotopic (exact) mass is 288 g/mol. The minimum absolute atomic E-state index is 0.00998. The van der Waals surface area contributed by atoms with Crippen LogP contribution in [0.25, 0.3) is 0 Å². The Hall–Kier alpha value is -1.64. The molecule has 0 fully saturated rings. The Morgan fingerprint density at radius 2 is 1.57 bits per heavy atom. The van der Waals surface area contributed by atoms with Gasteiger partial charge in [0.05, 0.1) is 5.54 Å². The first kappa shape index (κ1) is 17.4. The van der Waals surface area contributed by atoms with Crippen molar-refractivity contribution >= 4 is 11.6 Å². The van der Waals surface area contributed by atoms with Crippen LogP contribution in [-0.2, 0) is 11.3 Å². The zero-order valence-electron chi connectivity index (χ0n) is 14.4. The molecule has 0 saturated heterocycles. The summed E-state index contributed by atoms with van der Waals surface area (Å²) in [4.78, 5) is 18.9. The largest absolute Gasteiger partial charge is 0.345 e. The van der Waals surface area contributed by atoms with Crippen molar-refractivity contribution < 1.29 is 4.79 Å². The molecule has 116 valence electrons. The first-order chi connectivity index (χ1) is 9.50. The first-order valence-electron chi connectivity index (χ1n) is 7.43. The predicted molar refractivity (Wildman–Crippen MR) is 89.6 cm³/mol. The lowest BCUT2D eigenvalue weighted by atomic mass is 10.0. The molecule has 0 bridgehead atoms. The molecule has 0 atom stereocenters. The molecule has 0 aromatic heterocycles. The number of benzene rings is 1. The maximum Gasteiger partial charge on any atom is 0.194 e. The third-order valence-electron chi connectivity index (χ3n) is 3.01. The molecule has 0 unspecified atom stereocenters. The quantitative estimate of drug-likeness (QED) is 0.620. The van der Waals surface area contributed by atoms with Crippen LogP contribution in [0.4, 0.5) is 0 Å². The summed E-state index contributed by atoms with van der Waals surface area (Å²) in [6.07, 6.45) is 0. The molecule has 1 aromatic carbocycles. The Morgan fingerprint density at radius 1 is 1.05 bits per heavy atom. The summed E-state index contributed by atoms with van der Waals surface area (Å²) in [7, 11) is 0. The van der Waals surface area contributed by atoms with Gasteiger partial charge in [-0.15, -0.1) is 0 Å². The van der Waals surface area contributed by atoms with Crippen LogP contribution < -0.4 is 0 Å². The fourth-order valence-corrected chi connectivity index (χ4v) is 2.04. The summed E-state index contributed by atoms with van der Waals surface area (Å²) in [6, 6.07) is 10.2. The van der Waals surface area contributed by atoms with Crippen LogP contribution in [0.15, 0.2) is 35.3 Å². The van der Waals surface area contributed by atoms with Gasteiger partial charge in [-0.25, -0.2) is 0 Å². The fraction of sp³-hybridized carbons (Fsp3) is 0.556. The lowest BCUT2D eigenvalue weighted by Crippen LogP contribution is -2.48. The molecule has 1 aromatic rings. The van der Waals surface area contributed by atoms with Crippen LogP contribution in [-0.4, -0.2) is 27.6 Å². The summed E-state index contributed by atoms with van der Waals surface area (Å²) >= 11 is 0. The number of hydrogen-bond donors (Lipinski definition) is 0. The standard InChI is InChI=1S/C18H28N2O/c1-14(21)16(19-17(2,3)4)20(18(5,6)7)13-15-11-9-8-10-12-15/h8-12H,13H2,1-7H3. The van der Waals surface area contributed by atoms with Gasteiger partial charge >= 0.3 is 0 Å². The van der Waals surface area contributed by atoms with Gasteiger partial charge in [0.1, 0.15) is 0 Å². The third kappa shape index (κ3) is 5.70. The second-order valence-corrected chi connectivity index (χ2v) is 7.40. The zero-order chi connectivity index (χ0) is 16.3. The predicted octanol–water partition coefficient (Wildman–Crippen LogP) is 4.07. The normalized spacial score (nSPS) is 13.2. The average molecular weight is 288 g/mol. The Balaban J connectivity index is 3.23. The molecule has 0 saturated carbocycles. The molecule has 1 rings (SSSR count). The average Bonchev–Trinajstić information content (AvgIpc) is 2.32. The van der Waals surface area contributed by atoms with Crippen molar-refractivity contribution in [2.24, 2.45) is 4.99 Å². The number of rotatable bonds is 3. The smallest absolute Gasteiger partial charge is 0.194 e. The number of amidine groups is 1. The molecule has 3 heteroatoms. The second-order valence-electron chi connectivity index (χ2n) is 7.40. The number of Topliss-reactive ketones (excluding diaryl/α,β-unsaturated/α-hetero) is 1. The highest BCUT2D eigenvalue weighted by Gasteiger charge is 2.28. The van der Waals surface area contributed by atoms with Gasteiger partial charge in [0, 0.05) is 19.0 Å². The lowest BCUT2D eigenvalue weighted by Gasteiger charge is -2.38. The molecule has 0 aliphatic rings. The van der Waals surface area contributed by atoms with Gasteiger partial charge in [0.2, 0.25) is 0 Å². The van der Waals surface area contributed by atoms with Crippen LogP contribution >= 0.6 is 0 Å². The van der Waals surface area contributed by atoms with Crippen molar-refractivity contribution in [2.75, 3.05) is 0 Å². The lowest BCUT2D eigenvalue weighted by molar-refractivity contribution is -0.112. The topological polar surface area (TPSA) is 32.7 Å². The first-order valence-corrected chi connectivity index (χ1v) is 7.43. The summed E-state index contributed by atoms with van der Waals surface area (Å²) in [5, 5.41) is 0. The zero-order valence-corrected chi connectivity index (χ0v) is 14.4. The van der Waals surface area contributed by atoms with Gasteiger partial charge in [-0.05, 0) is 47.1 Å². The molecule has 3 nitrogen and oxygen atoms in total. The molecule has 0 spiro atoms. The van der Waals surface area contributed by atoms with Crippen LogP contribution in [0.3, 0.4) is 0 Å². The van der Waals surface area contributed by atoms with E-state index in [1.807, 2.05) is 39.0 Å². The molecule has 0 aliphatic carbocycles. The Bertz CT molecular complexity index is 504. The highest BCUT2D eigenvalue weighted by molar-refractivity contribution is 6.38. The Morgan fingerprint density at radius 3 is 1.95 bits per heavy atom. The van der Waals surface area contributed by atoms with E-state index in [4.69, 9.17) is 0 Å². The van der Waals surface area contributed by atoms with E-state index in [2.05, 4.69) is 42.8 Å². The van der Waals surface area contributed by atoms with Crippen molar-refractivity contribution in [1.82, 2.24) is 4.90 Å². The van der Waals surface area contributed by atoms with Gasteiger partial charge in [-0.2, -0.15) is 0 Å². The summed E-state index contributed by atoms with van der Waals surface area (Å²) in [5.41, 5.74) is 0.725. The third-order valence-corrected chi connectivity index (χ3v) is 3.01. The van der Waals surface area contributed by atoms with Gasteiger partial charge in [-0.3, -0.25) is 9.79 Å². The van der Waals surface area contributed by atoms with Crippen LogP contribution in [0, 0.1) is 0 Å². The summed E-state index contributed by atoms with van der Waals surface area (Å²) in [5.74, 6) is 0.564. The number of hydrogen-bond acceptors (Lipinski definition) is 2. The van der Waals surface area contributed by atoms with Crippen molar-refractivity contribution in [1.29, 1.82) is 0 Å². The Kier molecular flexibility index (Phi) is 5.32. The van der Waals surface area contributed by atoms with E-state index in [-0.39, 0.29) is 16.9 Å². The second kappa shape index (κ2) is 6.42. The van der Waals surface area contributed by atoms with Gasteiger partial charge < -0.3 is 4.90 Å². The maximum absolute atomic E-state index is 12.1. The van der Waals surface area contributed by atoms with E-state index >= 15 is 0 Å². The molecule has 0 N–H and O–H groups in total. The van der Waals surface area contributed by atoms with Crippen LogP contribution in [0.5, 0.6) is 0 Å². The number of aliphatic imine (C=N–C) groups is 1. The summed E-state index contributed by atoms with van der Waals surface area (Å²) < 4.78 is 0. The molecule has 21 heavy (non-hydrogen) atoms. The van der Waals surface area contributed by atoms with E-state index in [9.17, 15) is 4.79 Å². The van der Waals surface area contributed by atoms with E-state index < -0.39 is 0 Å². The van der Waals surface area contributed by atoms with Crippen LogP contribution in [0.2, 0.25) is 0 Å². The van der Waals surface area contributed by atoms with E-state index in [1.54, 1.807) is 6.92 Å². The van der Waals surface area contributed by atoms with Crippen LogP contribution in [0.1, 0.15) is 54.0 Å². The van der Waals surface area contributed by atoms with Crippen molar-refractivity contribution in [3.05, 3.63) is 35.9 Å². The minimum atomic E-state index is -0.277. The van der Waals surface area contributed by atoms with Crippen molar-refractivity contribution in [3.8, 4) is 0 Å². The molecule has 0 heterocycles.